The Morgan fingerprint density at radius 2 is 1.86 bits per heavy atom. The smallest absolute Gasteiger partial charge is 0.240 e. The van der Waals surface area contributed by atoms with Crippen molar-refractivity contribution in [1.29, 1.82) is 0 Å². The molecule has 1 aliphatic carbocycles. The SMILES string of the molecule is COc1ccc(Cc2nc3ccccc3n2CC(=O)NC2CCCC2)cc1OC. The molecular formula is C23H27N3O3. The molecule has 6 heteroatoms. The van der Waals surface area contributed by atoms with Crippen molar-refractivity contribution in [2.75, 3.05) is 14.2 Å². The highest BCUT2D eigenvalue weighted by molar-refractivity contribution is 5.81. The second kappa shape index (κ2) is 8.55. The van der Waals surface area contributed by atoms with Crippen LogP contribution in [0.3, 0.4) is 0 Å². The first kappa shape index (κ1) is 19.3. The van der Waals surface area contributed by atoms with Crippen molar-refractivity contribution in [3.05, 3.63) is 53.9 Å². The van der Waals surface area contributed by atoms with Crippen molar-refractivity contribution < 1.29 is 14.3 Å². The van der Waals surface area contributed by atoms with Crippen molar-refractivity contribution in [2.24, 2.45) is 0 Å². The Morgan fingerprint density at radius 3 is 2.62 bits per heavy atom. The number of methoxy groups -OCH3 is 2. The number of hydrogen-bond acceptors (Lipinski definition) is 4. The monoisotopic (exact) mass is 393 g/mol. The summed E-state index contributed by atoms with van der Waals surface area (Å²) < 4.78 is 12.8. The molecule has 1 aromatic heterocycles. The highest BCUT2D eigenvalue weighted by Gasteiger charge is 2.19. The highest BCUT2D eigenvalue weighted by Crippen LogP contribution is 2.29. The number of ether oxygens (including phenoxy) is 2. The minimum Gasteiger partial charge on any atom is -0.493 e. The molecule has 1 saturated carbocycles. The molecule has 0 spiro atoms. The van der Waals surface area contributed by atoms with E-state index in [1.165, 1.54) is 12.8 Å². The number of nitrogens with zero attached hydrogens (tertiary/aromatic N) is 2. The average Bonchev–Trinajstić information content (AvgIpc) is 3.36. The minimum absolute atomic E-state index is 0.0496. The fourth-order valence-electron chi connectivity index (χ4n) is 4.10. The van der Waals surface area contributed by atoms with Crippen LogP contribution in [-0.4, -0.2) is 35.7 Å². The van der Waals surface area contributed by atoms with Gasteiger partial charge in [0, 0.05) is 12.5 Å². The van der Waals surface area contributed by atoms with E-state index in [9.17, 15) is 4.79 Å². The van der Waals surface area contributed by atoms with Gasteiger partial charge in [0.05, 0.1) is 25.3 Å². The first-order valence-corrected chi connectivity index (χ1v) is 10.1. The van der Waals surface area contributed by atoms with Crippen LogP contribution in [0.2, 0.25) is 0 Å². The Balaban J connectivity index is 1.61. The molecule has 152 valence electrons. The fourth-order valence-corrected chi connectivity index (χ4v) is 4.10. The maximum Gasteiger partial charge on any atom is 0.240 e. The number of carbonyl (C=O) groups excluding carboxylic acids is 1. The summed E-state index contributed by atoms with van der Waals surface area (Å²) in [4.78, 5) is 17.5. The van der Waals surface area contributed by atoms with E-state index in [2.05, 4.69) is 5.32 Å². The average molecular weight is 393 g/mol. The predicted octanol–water partition coefficient (Wildman–Crippen LogP) is 3.70. The van der Waals surface area contributed by atoms with Gasteiger partial charge in [-0.3, -0.25) is 4.79 Å². The molecule has 0 radical (unpaired) electrons. The third-order valence-electron chi connectivity index (χ3n) is 5.57. The lowest BCUT2D eigenvalue weighted by molar-refractivity contribution is -0.122. The Morgan fingerprint density at radius 1 is 1.10 bits per heavy atom. The normalized spacial score (nSPS) is 14.3. The Hall–Kier alpha value is -3.02. The summed E-state index contributed by atoms with van der Waals surface area (Å²) in [5.74, 6) is 2.29. The number of hydrogen-bond donors (Lipinski definition) is 1. The molecule has 1 heterocycles. The summed E-state index contributed by atoms with van der Waals surface area (Å²) >= 11 is 0. The summed E-state index contributed by atoms with van der Waals surface area (Å²) in [5, 5.41) is 3.18. The maximum absolute atomic E-state index is 12.7. The molecule has 0 aliphatic heterocycles. The highest BCUT2D eigenvalue weighted by atomic mass is 16.5. The van der Waals surface area contributed by atoms with Crippen LogP contribution in [-0.2, 0) is 17.8 Å². The lowest BCUT2D eigenvalue weighted by Gasteiger charge is -2.14. The maximum atomic E-state index is 12.7. The van der Waals surface area contributed by atoms with Crippen LogP contribution in [0.25, 0.3) is 11.0 Å². The Kier molecular flexibility index (Phi) is 5.69. The van der Waals surface area contributed by atoms with Gasteiger partial charge in [-0.15, -0.1) is 0 Å². The summed E-state index contributed by atoms with van der Waals surface area (Å²) in [6.45, 7) is 0.277. The van der Waals surface area contributed by atoms with Gasteiger partial charge in [-0.05, 0) is 42.7 Å². The first-order chi connectivity index (χ1) is 14.2. The van der Waals surface area contributed by atoms with E-state index in [-0.39, 0.29) is 12.5 Å². The molecule has 3 aromatic rings. The Bertz CT molecular complexity index is 1010. The number of benzene rings is 2. The standard InChI is InChI=1S/C23H27N3O3/c1-28-20-12-11-16(13-21(20)29-2)14-22-25-18-9-5-6-10-19(18)26(22)15-23(27)24-17-7-3-4-8-17/h5-6,9-13,17H,3-4,7-8,14-15H2,1-2H3,(H,24,27). The lowest BCUT2D eigenvalue weighted by Crippen LogP contribution is -2.35. The zero-order chi connectivity index (χ0) is 20.2. The molecule has 6 nitrogen and oxygen atoms in total. The van der Waals surface area contributed by atoms with Gasteiger partial charge in [-0.1, -0.05) is 31.0 Å². The van der Waals surface area contributed by atoms with Crippen molar-refractivity contribution in [3.8, 4) is 11.5 Å². The zero-order valence-corrected chi connectivity index (χ0v) is 17.0. The molecule has 0 unspecified atom stereocenters. The number of amides is 1. The second-order valence-electron chi connectivity index (χ2n) is 7.52. The van der Waals surface area contributed by atoms with E-state index in [0.717, 1.165) is 35.3 Å². The van der Waals surface area contributed by atoms with Gasteiger partial charge >= 0.3 is 0 Å². The molecule has 0 saturated heterocycles. The number of rotatable bonds is 7. The van der Waals surface area contributed by atoms with Crippen molar-refractivity contribution in [3.63, 3.8) is 0 Å². The van der Waals surface area contributed by atoms with Crippen LogP contribution >= 0.6 is 0 Å². The molecule has 29 heavy (non-hydrogen) atoms. The van der Waals surface area contributed by atoms with Crippen LogP contribution < -0.4 is 14.8 Å². The van der Waals surface area contributed by atoms with Crippen LogP contribution in [0.1, 0.15) is 37.1 Å². The molecule has 1 fully saturated rings. The number of para-hydroxylation sites is 2. The molecule has 1 N–H and O–H groups in total. The van der Waals surface area contributed by atoms with Crippen LogP contribution in [0.15, 0.2) is 42.5 Å². The van der Waals surface area contributed by atoms with Gasteiger partial charge in [-0.25, -0.2) is 4.98 Å². The summed E-state index contributed by atoms with van der Waals surface area (Å²) in [7, 11) is 3.25. The topological polar surface area (TPSA) is 65.4 Å². The minimum atomic E-state index is 0.0496. The number of fused-ring (bicyclic) bond motifs is 1. The number of nitrogens with one attached hydrogen (secondary N) is 1. The molecule has 1 aliphatic rings. The molecule has 2 aromatic carbocycles. The van der Waals surface area contributed by atoms with Crippen LogP contribution in [0.4, 0.5) is 0 Å². The van der Waals surface area contributed by atoms with Crippen molar-refractivity contribution in [1.82, 2.24) is 14.9 Å². The van der Waals surface area contributed by atoms with E-state index >= 15 is 0 Å². The molecule has 1 amide bonds. The van der Waals surface area contributed by atoms with E-state index in [4.69, 9.17) is 14.5 Å². The van der Waals surface area contributed by atoms with Crippen LogP contribution in [0, 0.1) is 0 Å². The quantitative estimate of drug-likeness (QED) is 0.665. The van der Waals surface area contributed by atoms with Gasteiger partial charge in [0.2, 0.25) is 5.91 Å². The zero-order valence-electron chi connectivity index (χ0n) is 17.0. The predicted molar refractivity (Wildman–Crippen MR) is 112 cm³/mol. The van der Waals surface area contributed by atoms with Crippen LogP contribution in [0.5, 0.6) is 11.5 Å². The second-order valence-corrected chi connectivity index (χ2v) is 7.52. The van der Waals surface area contributed by atoms with E-state index in [1.54, 1.807) is 14.2 Å². The fraction of sp³-hybridized carbons (Fsp3) is 0.391. The van der Waals surface area contributed by atoms with Crippen molar-refractivity contribution in [2.45, 2.75) is 44.7 Å². The number of aromatic nitrogens is 2. The summed E-state index contributed by atoms with van der Waals surface area (Å²) in [6.07, 6.45) is 5.16. The number of imidazole rings is 1. The number of carbonyl (C=O) groups is 1. The summed E-state index contributed by atoms with van der Waals surface area (Å²) in [5.41, 5.74) is 2.93. The van der Waals surface area contributed by atoms with Gasteiger partial charge in [0.25, 0.3) is 0 Å². The molecule has 0 bridgehead atoms. The Labute approximate surface area is 170 Å². The van der Waals surface area contributed by atoms with Gasteiger partial charge < -0.3 is 19.4 Å². The van der Waals surface area contributed by atoms with E-state index in [0.29, 0.717) is 24.0 Å². The summed E-state index contributed by atoms with van der Waals surface area (Å²) in [6, 6.07) is 14.1. The largest absolute Gasteiger partial charge is 0.493 e. The van der Waals surface area contributed by atoms with Gasteiger partial charge in [0.15, 0.2) is 11.5 Å². The van der Waals surface area contributed by atoms with E-state index < -0.39 is 0 Å². The van der Waals surface area contributed by atoms with Crippen molar-refractivity contribution >= 4 is 16.9 Å². The third-order valence-corrected chi connectivity index (χ3v) is 5.57. The first-order valence-electron chi connectivity index (χ1n) is 10.1. The molecule has 4 rings (SSSR count). The van der Waals surface area contributed by atoms with Gasteiger partial charge in [-0.2, -0.15) is 0 Å². The molecular weight excluding hydrogens is 366 g/mol. The van der Waals surface area contributed by atoms with E-state index in [1.807, 2.05) is 47.0 Å². The lowest BCUT2D eigenvalue weighted by atomic mass is 10.1. The third kappa shape index (κ3) is 4.21. The molecule has 0 atom stereocenters. The van der Waals surface area contributed by atoms with Gasteiger partial charge in [0.1, 0.15) is 12.4 Å².